The Bertz CT molecular complexity index is 1420. The van der Waals surface area contributed by atoms with Crippen molar-refractivity contribution in [3.63, 3.8) is 0 Å². The lowest BCUT2D eigenvalue weighted by molar-refractivity contribution is -0.137. The lowest BCUT2D eigenvalue weighted by Gasteiger charge is -2.05. The Morgan fingerprint density at radius 1 is 1.17 bits per heavy atom. The van der Waals surface area contributed by atoms with Crippen LogP contribution in [0.5, 0.6) is 0 Å². The van der Waals surface area contributed by atoms with Gasteiger partial charge in [0, 0.05) is 19.3 Å². The summed E-state index contributed by atoms with van der Waals surface area (Å²) in [5.74, 6) is -0.857. The second-order valence-corrected chi connectivity index (χ2v) is 8.55. The molecule has 0 unspecified atom stereocenters. The van der Waals surface area contributed by atoms with E-state index in [1.54, 1.807) is 0 Å². The summed E-state index contributed by atoms with van der Waals surface area (Å²) >= 11 is 0. The summed E-state index contributed by atoms with van der Waals surface area (Å²) in [7, 11) is -3.90. The van der Waals surface area contributed by atoms with Crippen molar-refractivity contribution in [2.75, 3.05) is 5.75 Å². The van der Waals surface area contributed by atoms with Gasteiger partial charge in [0.2, 0.25) is 0 Å². The van der Waals surface area contributed by atoms with E-state index < -0.39 is 26.6 Å². The Labute approximate surface area is 167 Å². The number of halogens is 3. The van der Waals surface area contributed by atoms with Gasteiger partial charge in [0.15, 0.2) is 37.8 Å². The van der Waals surface area contributed by atoms with E-state index in [4.69, 9.17) is 0 Å². The number of hydrogen-bond acceptors (Lipinski definition) is 7. The molecule has 0 N–H and O–H groups in total. The topological polar surface area (TPSA) is 112 Å². The first-order chi connectivity index (χ1) is 14.0. The molecule has 0 aliphatic heterocycles. The van der Waals surface area contributed by atoms with Crippen LogP contribution in [0.4, 0.5) is 13.2 Å². The summed E-state index contributed by atoms with van der Waals surface area (Å²) in [6, 6.07) is 3.34. The maximum atomic E-state index is 13.0. The van der Waals surface area contributed by atoms with Gasteiger partial charge >= 0.3 is 6.18 Å². The van der Waals surface area contributed by atoms with Crippen LogP contribution in [0.25, 0.3) is 22.7 Å². The Balaban J connectivity index is 2.05. The predicted octanol–water partition coefficient (Wildman–Crippen LogP) is 2.45. The lowest BCUT2D eigenvalue weighted by atomic mass is 10.3. The smallest absolute Gasteiger partial charge is 0.293 e. The van der Waals surface area contributed by atoms with Crippen LogP contribution >= 0.6 is 0 Å². The maximum Gasteiger partial charge on any atom is 0.417 e. The SMILES string of the molecule is CCS(=O)(=O)c1nn2c(C(C)=O)ccnc2c1-c1nc2ccc(C(F)(F)F)cn2n1. The van der Waals surface area contributed by atoms with Gasteiger partial charge in [-0.05, 0) is 18.2 Å². The van der Waals surface area contributed by atoms with Crippen LogP contribution in [0.15, 0.2) is 35.6 Å². The quantitative estimate of drug-likeness (QED) is 0.450. The minimum Gasteiger partial charge on any atom is -0.293 e. The van der Waals surface area contributed by atoms with Crippen molar-refractivity contribution in [2.45, 2.75) is 25.0 Å². The summed E-state index contributed by atoms with van der Waals surface area (Å²) in [6.07, 6.45) is -2.53. The molecule has 0 aliphatic rings. The van der Waals surface area contributed by atoms with Crippen molar-refractivity contribution in [2.24, 2.45) is 0 Å². The highest BCUT2D eigenvalue weighted by Crippen LogP contribution is 2.32. The molecule has 30 heavy (non-hydrogen) atoms. The second-order valence-electron chi connectivity index (χ2n) is 6.36. The second kappa shape index (κ2) is 6.58. The first-order valence-corrected chi connectivity index (χ1v) is 10.2. The van der Waals surface area contributed by atoms with Gasteiger partial charge in [-0.1, -0.05) is 6.92 Å². The van der Waals surface area contributed by atoms with Crippen LogP contribution in [-0.2, 0) is 16.0 Å². The first-order valence-electron chi connectivity index (χ1n) is 8.58. The average molecular weight is 438 g/mol. The van der Waals surface area contributed by atoms with Gasteiger partial charge in [-0.3, -0.25) is 4.79 Å². The van der Waals surface area contributed by atoms with E-state index in [2.05, 4.69) is 20.2 Å². The Kier molecular flexibility index (Phi) is 4.38. The number of ketones is 1. The van der Waals surface area contributed by atoms with Crippen molar-refractivity contribution in [1.29, 1.82) is 0 Å². The van der Waals surface area contributed by atoms with Crippen LogP contribution in [0.3, 0.4) is 0 Å². The summed E-state index contributed by atoms with van der Waals surface area (Å²) in [6.45, 7) is 2.70. The summed E-state index contributed by atoms with van der Waals surface area (Å²) < 4.78 is 66.3. The lowest BCUT2D eigenvalue weighted by Crippen LogP contribution is -2.08. The summed E-state index contributed by atoms with van der Waals surface area (Å²) in [5, 5.41) is 7.68. The summed E-state index contributed by atoms with van der Waals surface area (Å²) in [4.78, 5) is 20.2. The van der Waals surface area contributed by atoms with Gasteiger partial charge in [0.05, 0.1) is 11.3 Å². The molecule has 0 spiro atoms. The molecule has 4 aromatic heterocycles. The number of sulfone groups is 1. The minimum atomic E-state index is -4.58. The van der Waals surface area contributed by atoms with Gasteiger partial charge in [-0.25, -0.2) is 27.4 Å². The zero-order chi connectivity index (χ0) is 21.8. The van der Waals surface area contributed by atoms with E-state index in [9.17, 15) is 26.4 Å². The van der Waals surface area contributed by atoms with E-state index in [1.165, 1.54) is 26.1 Å². The number of Topliss-reactive ketones (excluding diaryl/α,β-unsaturated/α-hetero) is 1. The molecule has 0 bridgehead atoms. The molecule has 0 aromatic carbocycles. The van der Waals surface area contributed by atoms with Gasteiger partial charge in [0.25, 0.3) is 0 Å². The van der Waals surface area contributed by atoms with Crippen molar-refractivity contribution < 1.29 is 26.4 Å². The largest absolute Gasteiger partial charge is 0.417 e. The molecular formula is C17H13F3N6O3S. The molecule has 0 saturated heterocycles. The number of alkyl halides is 3. The molecule has 4 heterocycles. The highest BCUT2D eigenvalue weighted by atomic mass is 32.2. The third-order valence-electron chi connectivity index (χ3n) is 4.40. The number of aromatic nitrogens is 6. The van der Waals surface area contributed by atoms with E-state index in [1.807, 2.05) is 0 Å². The molecule has 0 saturated carbocycles. The number of nitrogens with zero attached hydrogens (tertiary/aromatic N) is 6. The fourth-order valence-electron chi connectivity index (χ4n) is 2.90. The standard InChI is InChI=1S/C17H13F3N6O3S/c1-3-30(28,29)16-13(15-21-7-6-11(9(2)27)26(15)24-16)14-22-12-5-4-10(17(18,19)20)8-25(12)23-14/h4-8H,3H2,1-2H3. The molecule has 9 nitrogen and oxygen atoms in total. The molecule has 0 radical (unpaired) electrons. The van der Waals surface area contributed by atoms with Crippen molar-refractivity contribution in [3.05, 3.63) is 41.9 Å². The van der Waals surface area contributed by atoms with E-state index in [0.29, 0.717) is 0 Å². The average Bonchev–Trinajstić information content (AvgIpc) is 3.27. The molecule has 0 atom stereocenters. The molecule has 0 fully saturated rings. The normalized spacial score (nSPS) is 12.7. The van der Waals surface area contributed by atoms with Crippen LogP contribution < -0.4 is 0 Å². The van der Waals surface area contributed by atoms with E-state index in [-0.39, 0.29) is 39.9 Å². The molecule has 13 heteroatoms. The highest BCUT2D eigenvalue weighted by Gasteiger charge is 2.32. The number of hydrogen-bond donors (Lipinski definition) is 0. The fraction of sp³-hybridized carbons (Fsp3) is 0.235. The number of carbonyl (C=O) groups excluding carboxylic acids is 1. The van der Waals surface area contributed by atoms with E-state index >= 15 is 0 Å². The van der Waals surface area contributed by atoms with Gasteiger partial charge < -0.3 is 0 Å². The molecular weight excluding hydrogens is 425 g/mol. The Hall–Kier alpha value is -3.35. The number of carbonyl (C=O) groups is 1. The zero-order valence-electron chi connectivity index (χ0n) is 15.5. The Morgan fingerprint density at radius 3 is 2.53 bits per heavy atom. The van der Waals surface area contributed by atoms with Gasteiger partial charge in [0.1, 0.15) is 11.3 Å². The molecule has 156 valence electrons. The number of fused-ring (bicyclic) bond motifs is 2. The highest BCUT2D eigenvalue weighted by molar-refractivity contribution is 7.91. The van der Waals surface area contributed by atoms with Crippen LogP contribution in [0, 0.1) is 0 Å². The number of pyridine rings is 1. The first kappa shape index (κ1) is 19.9. The molecule has 4 aromatic rings. The third-order valence-corrected chi connectivity index (χ3v) is 6.04. The predicted molar refractivity (Wildman–Crippen MR) is 97.7 cm³/mol. The van der Waals surface area contributed by atoms with Crippen LogP contribution in [-0.4, -0.2) is 49.2 Å². The van der Waals surface area contributed by atoms with Crippen molar-refractivity contribution >= 4 is 26.9 Å². The van der Waals surface area contributed by atoms with Crippen LogP contribution in [0.1, 0.15) is 29.9 Å². The van der Waals surface area contributed by atoms with E-state index in [0.717, 1.165) is 27.4 Å². The minimum absolute atomic E-state index is 0.00155. The van der Waals surface area contributed by atoms with Crippen molar-refractivity contribution in [1.82, 2.24) is 29.2 Å². The van der Waals surface area contributed by atoms with Gasteiger partial charge in [-0.2, -0.15) is 18.3 Å². The maximum absolute atomic E-state index is 13.0. The van der Waals surface area contributed by atoms with Crippen molar-refractivity contribution in [3.8, 4) is 11.4 Å². The fourth-order valence-corrected chi connectivity index (χ4v) is 3.87. The number of rotatable bonds is 4. The molecule has 4 rings (SSSR count). The van der Waals surface area contributed by atoms with Gasteiger partial charge in [-0.15, -0.1) is 5.10 Å². The Morgan fingerprint density at radius 2 is 1.90 bits per heavy atom. The zero-order valence-corrected chi connectivity index (χ0v) is 16.4. The van der Waals surface area contributed by atoms with Crippen LogP contribution in [0.2, 0.25) is 0 Å². The molecule has 0 amide bonds. The third kappa shape index (κ3) is 3.10. The monoisotopic (exact) mass is 438 g/mol. The molecule has 0 aliphatic carbocycles. The summed E-state index contributed by atoms with van der Waals surface area (Å²) in [5.41, 5.74) is -0.870.